The lowest BCUT2D eigenvalue weighted by Crippen LogP contribution is -2.51. The summed E-state index contributed by atoms with van der Waals surface area (Å²) in [5.41, 5.74) is 0.733. The first-order chi connectivity index (χ1) is 13.9. The summed E-state index contributed by atoms with van der Waals surface area (Å²) in [4.78, 5) is 29.8. The van der Waals surface area contributed by atoms with Gasteiger partial charge in [-0.1, -0.05) is 0 Å². The third-order valence-corrected chi connectivity index (χ3v) is 7.17. The van der Waals surface area contributed by atoms with Crippen LogP contribution < -0.4 is 0 Å². The van der Waals surface area contributed by atoms with E-state index in [1.54, 1.807) is 17.0 Å². The summed E-state index contributed by atoms with van der Waals surface area (Å²) < 4.78 is 1.34. The van der Waals surface area contributed by atoms with E-state index in [1.807, 2.05) is 7.05 Å². The lowest BCUT2D eigenvalue weighted by Gasteiger charge is -2.57. The van der Waals surface area contributed by atoms with Gasteiger partial charge in [0, 0.05) is 25.2 Å². The molecule has 0 N–H and O–H groups in total. The van der Waals surface area contributed by atoms with Crippen molar-refractivity contribution >= 4 is 11.6 Å². The SMILES string of the molecule is CN(CC12CC3CC(CC(C3)C1)C2)C(=O)c1ccc(-n2cncn2)c([N+](=O)[O-])c1. The number of amides is 1. The van der Waals surface area contributed by atoms with Crippen LogP contribution in [0.4, 0.5) is 5.69 Å². The second-order valence-electron chi connectivity index (χ2n) is 9.38. The highest BCUT2D eigenvalue weighted by molar-refractivity contribution is 5.95. The number of nitro groups is 1. The third kappa shape index (κ3) is 3.20. The topological polar surface area (TPSA) is 94.2 Å². The Bertz CT molecular complexity index is 920. The van der Waals surface area contributed by atoms with Crippen LogP contribution in [0.3, 0.4) is 0 Å². The van der Waals surface area contributed by atoms with Crippen molar-refractivity contribution in [3.8, 4) is 5.69 Å². The molecule has 152 valence electrons. The van der Waals surface area contributed by atoms with E-state index in [2.05, 4.69) is 10.1 Å². The molecule has 1 amide bonds. The van der Waals surface area contributed by atoms with Crippen molar-refractivity contribution < 1.29 is 9.72 Å². The fraction of sp³-hybridized carbons (Fsp3) is 0.571. The average molecular weight is 395 g/mol. The fourth-order valence-corrected chi connectivity index (χ4v) is 6.61. The van der Waals surface area contributed by atoms with E-state index in [9.17, 15) is 14.9 Å². The molecule has 6 rings (SSSR count). The molecule has 0 atom stereocenters. The molecule has 8 nitrogen and oxygen atoms in total. The molecule has 4 saturated carbocycles. The van der Waals surface area contributed by atoms with Gasteiger partial charge in [-0.15, -0.1) is 0 Å². The number of carbonyl (C=O) groups is 1. The molecule has 1 aromatic heterocycles. The van der Waals surface area contributed by atoms with E-state index in [4.69, 9.17) is 0 Å². The van der Waals surface area contributed by atoms with Gasteiger partial charge in [-0.2, -0.15) is 5.10 Å². The molecule has 0 saturated heterocycles. The van der Waals surface area contributed by atoms with E-state index < -0.39 is 4.92 Å². The number of rotatable bonds is 5. The maximum absolute atomic E-state index is 13.1. The highest BCUT2D eigenvalue weighted by Crippen LogP contribution is 2.60. The molecule has 4 fully saturated rings. The average Bonchev–Trinajstić information content (AvgIpc) is 3.20. The summed E-state index contributed by atoms with van der Waals surface area (Å²) in [6.45, 7) is 0.744. The third-order valence-electron chi connectivity index (χ3n) is 7.17. The van der Waals surface area contributed by atoms with Gasteiger partial charge < -0.3 is 4.90 Å². The fourth-order valence-electron chi connectivity index (χ4n) is 6.61. The van der Waals surface area contributed by atoms with Crippen molar-refractivity contribution in [1.82, 2.24) is 19.7 Å². The van der Waals surface area contributed by atoms with Crippen LogP contribution in [0.2, 0.25) is 0 Å². The van der Waals surface area contributed by atoms with Gasteiger partial charge in [0.25, 0.3) is 11.6 Å². The molecule has 4 bridgehead atoms. The standard InChI is InChI=1S/C21H25N5O3/c1-24(11-21-8-14-4-15(9-21)6-16(5-14)10-21)20(27)17-2-3-18(19(7-17)26(28)29)25-13-22-12-23-25/h2-3,7,12-16H,4-6,8-11H2,1H3. The molecule has 0 unspecified atom stereocenters. The Kier molecular flexibility index (Phi) is 4.18. The molecule has 1 heterocycles. The zero-order valence-corrected chi connectivity index (χ0v) is 16.5. The maximum atomic E-state index is 13.1. The molecule has 0 aliphatic heterocycles. The Morgan fingerprint density at radius 1 is 1.24 bits per heavy atom. The first kappa shape index (κ1) is 18.3. The second kappa shape index (κ2) is 6.64. The van der Waals surface area contributed by atoms with Gasteiger partial charge in [-0.05, 0) is 73.8 Å². The molecule has 2 aromatic rings. The van der Waals surface area contributed by atoms with Crippen LogP contribution in [-0.4, -0.2) is 44.1 Å². The molecule has 29 heavy (non-hydrogen) atoms. The number of nitrogens with zero attached hydrogens (tertiary/aromatic N) is 5. The quantitative estimate of drug-likeness (QED) is 0.571. The zero-order valence-electron chi connectivity index (χ0n) is 16.5. The zero-order chi connectivity index (χ0) is 20.2. The van der Waals surface area contributed by atoms with E-state index in [1.165, 1.54) is 61.9 Å². The molecule has 1 aromatic carbocycles. The number of hydrogen-bond donors (Lipinski definition) is 0. The molecular weight excluding hydrogens is 370 g/mol. The normalized spacial score (nSPS) is 29.8. The number of benzene rings is 1. The van der Waals surface area contributed by atoms with Crippen LogP contribution in [0.1, 0.15) is 48.9 Å². The van der Waals surface area contributed by atoms with Crippen molar-refractivity contribution in [2.24, 2.45) is 23.2 Å². The minimum atomic E-state index is -0.479. The van der Waals surface area contributed by atoms with Gasteiger partial charge in [-0.3, -0.25) is 14.9 Å². The van der Waals surface area contributed by atoms with Crippen LogP contribution in [0.25, 0.3) is 5.69 Å². The van der Waals surface area contributed by atoms with Crippen molar-refractivity contribution in [1.29, 1.82) is 0 Å². The maximum Gasteiger partial charge on any atom is 0.295 e. The number of aromatic nitrogens is 3. The summed E-state index contributed by atoms with van der Waals surface area (Å²) in [7, 11) is 1.83. The van der Waals surface area contributed by atoms with Crippen LogP contribution in [0.15, 0.2) is 30.9 Å². The predicted octanol–water partition coefficient (Wildman–Crippen LogP) is 3.46. The predicted molar refractivity (Wildman–Crippen MR) is 106 cm³/mol. The molecule has 4 aliphatic carbocycles. The van der Waals surface area contributed by atoms with Gasteiger partial charge in [-0.25, -0.2) is 9.67 Å². The Morgan fingerprint density at radius 3 is 2.45 bits per heavy atom. The van der Waals surface area contributed by atoms with Gasteiger partial charge >= 0.3 is 0 Å². The molecule has 0 spiro atoms. The highest BCUT2D eigenvalue weighted by Gasteiger charge is 2.51. The second-order valence-corrected chi connectivity index (χ2v) is 9.38. The van der Waals surface area contributed by atoms with Crippen molar-refractivity contribution in [3.63, 3.8) is 0 Å². The largest absolute Gasteiger partial charge is 0.341 e. The van der Waals surface area contributed by atoms with E-state index >= 15 is 0 Å². The Balaban J connectivity index is 1.38. The van der Waals surface area contributed by atoms with Crippen LogP contribution >= 0.6 is 0 Å². The summed E-state index contributed by atoms with van der Waals surface area (Å²) in [6.07, 6.45) is 10.5. The van der Waals surface area contributed by atoms with Crippen LogP contribution in [0, 0.1) is 33.3 Å². The minimum absolute atomic E-state index is 0.149. The Morgan fingerprint density at radius 2 is 1.90 bits per heavy atom. The number of hydrogen-bond acceptors (Lipinski definition) is 5. The summed E-state index contributed by atoms with van der Waals surface area (Å²) in [5, 5.41) is 15.5. The molecule has 0 radical (unpaired) electrons. The van der Waals surface area contributed by atoms with E-state index in [-0.39, 0.29) is 17.0 Å². The van der Waals surface area contributed by atoms with Crippen molar-refractivity contribution in [2.45, 2.75) is 38.5 Å². The Hall–Kier alpha value is -2.77. The first-order valence-corrected chi connectivity index (χ1v) is 10.3. The lowest BCUT2D eigenvalue weighted by atomic mass is 9.49. The first-order valence-electron chi connectivity index (χ1n) is 10.3. The van der Waals surface area contributed by atoms with Gasteiger partial charge in [0.1, 0.15) is 18.3 Å². The van der Waals surface area contributed by atoms with Crippen LogP contribution in [0.5, 0.6) is 0 Å². The van der Waals surface area contributed by atoms with E-state index in [0.717, 1.165) is 24.3 Å². The lowest BCUT2D eigenvalue weighted by molar-refractivity contribution is -0.384. The number of carbonyl (C=O) groups excluding carboxylic acids is 1. The summed E-state index contributed by atoms with van der Waals surface area (Å²) in [5.74, 6) is 2.32. The Labute approximate surface area is 169 Å². The van der Waals surface area contributed by atoms with Gasteiger partial charge in [0.05, 0.1) is 4.92 Å². The smallest absolute Gasteiger partial charge is 0.295 e. The van der Waals surface area contributed by atoms with Crippen LogP contribution in [-0.2, 0) is 0 Å². The molecular formula is C21H25N5O3. The minimum Gasteiger partial charge on any atom is -0.341 e. The van der Waals surface area contributed by atoms with Gasteiger partial charge in [0.2, 0.25) is 0 Å². The summed E-state index contributed by atoms with van der Waals surface area (Å²) in [6, 6.07) is 4.57. The van der Waals surface area contributed by atoms with Crippen molar-refractivity contribution in [3.05, 3.63) is 46.5 Å². The van der Waals surface area contributed by atoms with Crippen molar-refractivity contribution in [2.75, 3.05) is 13.6 Å². The van der Waals surface area contributed by atoms with Gasteiger partial charge in [0.15, 0.2) is 0 Å². The molecule has 8 heteroatoms. The summed E-state index contributed by atoms with van der Waals surface area (Å²) >= 11 is 0. The monoisotopic (exact) mass is 395 g/mol. The van der Waals surface area contributed by atoms with E-state index in [0.29, 0.717) is 11.3 Å². The highest BCUT2D eigenvalue weighted by atomic mass is 16.6. The number of nitro benzene ring substituents is 1. The molecule has 4 aliphatic rings.